The molecular weight excluding hydrogens is 459 g/mol. The maximum Gasteiger partial charge on any atom is 0.573 e. The van der Waals surface area contributed by atoms with Gasteiger partial charge in [0.05, 0.1) is 15.4 Å². The number of rotatable bonds is 6. The van der Waals surface area contributed by atoms with E-state index in [0.717, 1.165) is 12.1 Å². The summed E-state index contributed by atoms with van der Waals surface area (Å²) < 4.78 is 68.3. The van der Waals surface area contributed by atoms with Crippen molar-refractivity contribution < 1.29 is 31.1 Å². The first-order valence-electron chi connectivity index (χ1n) is 9.53. The van der Waals surface area contributed by atoms with E-state index in [4.69, 9.17) is 0 Å². The van der Waals surface area contributed by atoms with E-state index in [-0.39, 0.29) is 22.2 Å². The first kappa shape index (κ1) is 22.3. The lowest BCUT2D eigenvalue weighted by Crippen LogP contribution is -2.23. The molecule has 0 aliphatic heterocycles. The van der Waals surface area contributed by atoms with Gasteiger partial charge >= 0.3 is 6.36 Å². The molecule has 11 heteroatoms. The number of alkyl halides is 3. The largest absolute Gasteiger partial charge is 0.573 e. The molecule has 0 fully saturated rings. The van der Waals surface area contributed by atoms with Crippen LogP contribution >= 0.6 is 0 Å². The summed E-state index contributed by atoms with van der Waals surface area (Å²) in [4.78, 5) is 16.1. The van der Waals surface area contributed by atoms with Crippen molar-refractivity contribution in [2.24, 2.45) is 0 Å². The zero-order valence-electron chi connectivity index (χ0n) is 16.8. The highest BCUT2D eigenvalue weighted by Gasteiger charge is 2.31. The summed E-state index contributed by atoms with van der Waals surface area (Å²) in [5.41, 5.74) is 1.78. The maximum atomic E-state index is 12.8. The van der Waals surface area contributed by atoms with Crippen molar-refractivity contribution >= 4 is 21.4 Å². The Kier molecular flexibility index (Phi) is 5.81. The maximum absolute atomic E-state index is 12.8. The van der Waals surface area contributed by atoms with E-state index in [2.05, 4.69) is 15.0 Å². The van der Waals surface area contributed by atoms with E-state index in [0.29, 0.717) is 16.8 Å². The number of carbonyl (C=O) groups is 1. The second-order valence-corrected chi connectivity index (χ2v) is 8.91. The fourth-order valence-corrected chi connectivity index (χ4v) is 4.40. The molecule has 170 valence electrons. The van der Waals surface area contributed by atoms with Gasteiger partial charge < -0.3 is 14.5 Å². The van der Waals surface area contributed by atoms with Gasteiger partial charge in [0.1, 0.15) is 11.4 Å². The Hall–Kier alpha value is -3.86. The minimum atomic E-state index is -4.93. The number of carbonyl (C=O) groups excluding carboxylic acids is 1. The zero-order valence-corrected chi connectivity index (χ0v) is 17.6. The monoisotopic (exact) mass is 475 g/mol. The highest BCUT2D eigenvalue weighted by Crippen LogP contribution is 2.28. The number of nitrogens with zero attached hydrogens (tertiary/aromatic N) is 2. The third-order valence-corrected chi connectivity index (χ3v) is 6.45. The molecule has 0 aliphatic rings. The van der Waals surface area contributed by atoms with Gasteiger partial charge in [0.15, 0.2) is 0 Å². The standard InChI is InChI=1S/C22H16F3N3O4S/c23-22(24,25)32-17-2-1-3-19(12-17)33(30,31)18-7-4-15(5-8-18)13-27-21(29)16-6-9-20-26-10-11-28(20)14-16/h1-12,14H,13H2,(H,27,29). The molecule has 33 heavy (non-hydrogen) atoms. The molecule has 0 atom stereocenters. The molecule has 0 bridgehead atoms. The zero-order chi connectivity index (χ0) is 23.6. The van der Waals surface area contributed by atoms with E-state index in [1.807, 2.05) is 0 Å². The van der Waals surface area contributed by atoms with Crippen molar-refractivity contribution in [1.29, 1.82) is 0 Å². The number of halogens is 3. The minimum absolute atomic E-state index is 0.104. The second-order valence-electron chi connectivity index (χ2n) is 6.96. The summed E-state index contributed by atoms with van der Waals surface area (Å²) in [6.45, 7) is 0.149. The third kappa shape index (κ3) is 5.14. The Morgan fingerprint density at radius 3 is 2.52 bits per heavy atom. The number of amides is 1. The Morgan fingerprint density at radius 1 is 1.03 bits per heavy atom. The van der Waals surface area contributed by atoms with Gasteiger partial charge in [0.2, 0.25) is 9.84 Å². The van der Waals surface area contributed by atoms with Crippen molar-refractivity contribution in [1.82, 2.24) is 14.7 Å². The summed E-state index contributed by atoms with van der Waals surface area (Å²) in [6, 6.07) is 13.2. The van der Waals surface area contributed by atoms with Crippen molar-refractivity contribution in [3.63, 3.8) is 0 Å². The molecule has 0 aliphatic carbocycles. The van der Waals surface area contributed by atoms with Crippen molar-refractivity contribution in [3.8, 4) is 5.75 Å². The number of aromatic nitrogens is 2. The molecule has 7 nitrogen and oxygen atoms in total. The number of pyridine rings is 1. The Morgan fingerprint density at radius 2 is 1.79 bits per heavy atom. The van der Waals surface area contributed by atoms with Crippen molar-refractivity contribution in [2.45, 2.75) is 22.7 Å². The van der Waals surface area contributed by atoms with Crippen LogP contribution in [-0.2, 0) is 16.4 Å². The molecule has 4 aromatic rings. The molecule has 2 aromatic heterocycles. The average molecular weight is 475 g/mol. The molecular formula is C22H16F3N3O4S. The number of hydrogen-bond donors (Lipinski definition) is 1. The first-order valence-corrected chi connectivity index (χ1v) is 11.0. The molecule has 0 unspecified atom stereocenters. The summed E-state index contributed by atoms with van der Waals surface area (Å²) in [5, 5.41) is 2.75. The summed E-state index contributed by atoms with van der Waals surface area (Å²) in [7, 11) is -4.07. The number of sulfone groups is 1. The smallest absolute Gasteiger partial charge is 0.406 e. The van der Waals surface area contributed by atoms with Gasteiger partial charge in [-0.25, -0.2) is 13.4 Å². The second kappa shape index (κ2) is 8.58. The van der Waals surface area contributed by atoms with Crippen LogP contribution in [0.3, 0.4) is 0 Å². The van der Waals surface area contributed by atoms with Gasteiger partial charge in [-0.3, -0.25) is 4.79 Å². The van der Waals surface area contributed by atoms with Gasteiger partial charge in [-0.05, 0) is 48.0 Å². The molecule has 0 radical (unpaired) electrons. The van der Waals surface area contributed by atoms with Crippen molar-refractivity contribution in [3.05, 3.63) is 90.4 Å². The van der Waals surface area contributed by atoms with Gasteiger partial charge in [0, 0.05) is 25.1 Å². The summed E-state index contributed by atoms with van der Waals surface area (Å²) in [5.74, 6) is -0.944. The van der Waals surface area contributed by atoms with Crippen LogP contribution in [0.15, 0.2) is 89.0 Å². The minimum Gasteiger partial charge on any atom is -0.406 e. The number of hydrogen-bond acceptors (Lipinski definition) is 5. The number of imidazole rings is 1. The van der Waals surface area contributed by atoms with E-state index in [1.54, 1.807) is 35.1 Å². The summed E-state index contributed by atoms with van der Waals surface area (Å²) in [6.07, 6.45) is 0.0470. The van der Waals surface area contributed by atoms with Crippen molar-refractivity contribution in [2.75, 3.05) is 0 Å². The third-order valence-electron chi connectivity index (χ3n) is 4.69. The number of benzene rings is 2. The quantitative estimate of drug-likeness (QED) is 0.456. The normalized spacial score (nSPS) is 12.0. The van der Waals surface area contributed by atoms with Crippen LogP contribution in [0.1, 0.15) is 15.9 Å². The predicted molar refractivity (Wildman–Crippen MR) is 111 cm³/mol. The van der Waals surface area contributed by atoms with Gasteiger partial charge in [-0.1, -0.05) is 18.2 Å². The Bertz CT molecular complexity index is 1410. The highest BCUT2D eigenvalue weighted by molar-refractivity contribution is 7.91. The first-order chi connectivity index (χ1) is 15.6. The Labute approximate surface area is 186 Å². The number of fused-ring (bicyclic) bond motifs is 1. The van der Waals surface area contributed by atoms with E-state index < -0.39 is 21.9 Å². The van der Waals surface area contributed by atoms with Crippen LogP contribution < -0.4 is 10.1 Å². The van der Waals surface area contributed by atoms with Crippen LogP contribution in [0, 0.1) is 0 Å². The van der Waals surface area contributed by atoms with Gasteiger partial charge in [0.25, 0.3) is 5.91 Å². The predicted octanol–water partition coefficient (Wildman–Crippen LogP) is 4.00. The molecule has 0 saturated carbocycles. The summed E-state index contributed by atoms with van der Waals surface area (Å²) >= 11 is 0. The molecule has 4 rings (SSSR count). The number of nitrogens with one attached hydrogen (secondary N) is 1. The van der Waals surface area contributed by atoms with Crippen LogP contribution in [0.2, 0.25) is 0 Å². The highest BCUT2D eigenvalue weighted by atomic mass is 32.2. The fourth-order valence-electron chi connectivity index (χ4n) is 3.10. The van der Waals surface area contributed by atoms with E-state index in [1.165, 1.54) is 36.4 Å². The van der Waals surface area contributed by atoms with Gasteiger partial charge in [-0.2, -0.15) is 0 Å². The van der Waals surface area contributed by atoms with Crippen LogP contribution in [0.4, 0.5) is 13.2 Å². The topological polar surface area (TPSA) is 89.8 Å². The van der Waals surface area contributed by atoms with Gasteiger partial charge in [-0.15, -0.1) is 13.2 Å². The molecule has 0 saturated heterocycles. The Balaban J connectivity index is 1.45. The molecule has 1 amide bonds. The van der Waals surface area contributed by atoms with Crippen LogP contribution in [-0.4, -0.2) is 30.1 Å². The lowest BCUT2D eigenvalue weighted by Gasteiger charge is -2.11. The van der Waals surface area contributed by atoms with Crippen LogP contribution in [0.25, 0.3) is 5.65 Å². The lowest BCUT2D eigenvalue weighted by atomic mass is 10.2. The van der Waals surface area contributed by atoms with E-state index in [9.17, 15) is 26.4 Å². The van der Waals surface area contributed by atoms with E-state index >= 15 is 0 Å². The molecule has 2 aromatic carbocycles. The fraction of sp³-hybridized carbons (Fsp3) is 0.0909. The molecule has 2 heterocycles. The van der Waals surface area contributed by atoms with Crippen LogP contribution in [0.5, 0.6) is 5.75 Å². The average Bonchev–Trinajstić information content (AvgIpc) is 3.25. The molecule has 1 N–H and O–H groups in total. The SMILES string of the molecule is O=C(NCc1ccc(S(=O)(=O)c2cccc(OC(F)(F)F)c2)cc1)c1ccc2nccn2c1. The number of ether oxygens (including phenoxy) is 1. The lowest BCUT2D eigenvalue weighted by molar-refractivity contribution is -0.274. The molecule has 0 spiro atoms.